The Morgan fingerprint density at radius 2 is 1.57 bits per heavy atom. The Bertz CT molecular complexity index is 1660. The first-order valence-corrected chi connectivity index (χ1v) is 11.5. The van der Waals surface area contributed by atoms with Gasteiger partial charge in [0.05, 0.1) is 35.6 Å². The molecule has 7 rings (SSSR count). The van der Waals surface area contributed by atoms with Crippen LogP contribution in [0, 0.1) is 0 Å². The fraction of sp³-hybridized carbons (Fsp3) is 0.179. The normalized spacial score (nSPS) is 16.8. The van der Waals surface area contributed by atoms with E-state index in [2.05, 4.69) is 0 Å². The molecule has 0 saturated carbocycles. The molecule has 1 aromatic heterocycles. The van der Waals surface area contributed by atoms with Gasteiger partial charge in [-0.25, -0.2) is 9.97 Å². The summed E-state index contributed by atoms with van der Waals surface area (Å²) in [5.74, 6) is 1.67. The molecule has 7 nitrogen and oxygen atoms in total. The highest BCUT2D eigenvalue weighted by molar-refractivity contribution is 6.12. The maximum absolute atomic E-state index is 12.9. The minimum Gasteiger partial charge on any atom is -0.493 e. The van der Waals surface area contributed by atoms with Gasteiger partial charge in [-0.3, -0.25) is 4.79 Å². The van der Waals surface area contributed by atoms with Gasteiger partial charge in [0.2, 0.25) is 5.75 Å². The van der Waals surface area contributed by atoms with Crippen LogP contribution < -0.4 is 18.9 Å². The Labute approximate surface area is 200 Å². The Morgan fingerprint density at radius 3 is 2.37 bits per heavy atom. The van der Waals surface area contributed by atoms with Crippen LogP contribution in [0.2, 0.25) is 0 Å². The number of rotatable bonds is 2. The molecule has 0 saturated heterocycles. The molecule has 5 aromatic rings. The quantitative estimate of drug-likeness (QED) is 0.155. The molecule has 0 fully saturated rings. The molecular weight excluding hydrogens is 444 g/mol. The van der Waals surface area contributed by atoms with Crippen LogP contribution >= 0.6 is 0 Å². The lowest BCUT2D eigenvalue weighted by atomic mass is 9.83. The number of carbonyl (C=O) groups excluding carboxylic acids is 1. The number of hydrogen-bond donors (Lipinski definition) is 0. The number of ether oxygens (including phenoxy) is 4. The molecule has 1 atom stereocenters. The Morgan fingerprint density at radius 1 is 0.857 bits per heavy atom. The molecule has 0 radical (unpaired) electrons. The Kier molecular flexibility index (Phi) is 4.33. The molecule has 7 heteroatoms. The van der Waals surface area contributed by atoms with Crippen molar-refractivity contribution < 1.29 is 23.7 Å². The van der Waals surface area contributed by atoms with Crippen molar-refractivity contribution in [2.24, 2.45) is 0 Å². The zero-order valence-corrected chi connectivity index (χ0v) is 18.9. The number of benzene rings is 4. The van der Waals surface area contributed by atoms with Gasteiger partial charge in [-0.2, -0.15) is 0 Å². The van der Waals surface area contributed by atoms with E-state index in [-0.39, 0.29) is 18.3 Å². The van der Waals surface area contributed by atoms with Gasteiger partial charge < -0.3 is 18.9 Å². The highest BCUT2D eigenvalue weighted by Crippen LogP contribution is 2.50. The Hall–Kier alpha value is -4.39. The van der Waals surface area contributed by atoms with Crippen molar-refractivity contribution in [3.63, 3.8) is 0 Å². The zero-order chi connectivity index (χ0) is 23.5. The largest absolute Gasteiger partial charge is 0.493 e. The van der Waals surface area contributed by atoms with Crippen LogP contribution in [0.4, 0.5) is 0 Å². The minimum absolute atomic E-state index is 0.164. The SMILES string of the molecule is COc1cc([C@@H]2CC(=O)Oc3c2c2nc4ccccc4nc2c2ccccc32)cc2c1OCCO2. The van der Waals surface area contributed by atoms with Crippen LogP contribution in [-0.4, -0.2) is 36.3 Å². The first-order valence-electron chi connectivity index (χ1n) is 11.5. The first kappa shape index (κ1) is 20.0. The minimum atomic E-state index is -0.321. The fourth-order valence-corrected chi connectivity index (χ4v) is 5.15. The topological polar surface area (TPSA) is 79.8 Å². The molecule has 0 N–H and O–H groups in total. The predicted molar refractivity (Wildman–Crippen MR) is 131 cm³/mol. The second-order valence-corrected chi connectivity index (χ2v) is 8.68. The van der Waals surface area contributed by atoms with E-state index >= 15 is 0 Å². The van der Waals surface area contributed by atoms with E-state index in [4.69, 9.17) is 28.9 Å². The average molecular weight is 464 g/mol. The number of fused-ring (bicyclic) bond motifs is 8. The molecule has 2 aliphatic heterocycles. The smallest absolute Gasteiger partial charge is 0.312 e. The molecule has 172 valence electrons. The highest BCUT2D eigenvalue weighted by atomic mass is 16.6. The third kappa shape index (κ3) is 3.01. The van der Waals surface area contributed by atoms with Crippen molar-refractivity contribution >= 4 is 38.8 Å². The van der Waals surface area contributed by atoms with Crippen LogP contribution in [-0.2, 0) is 4.79 Å². The summed E-state index contributed by atoms with van der Waals surface area (Å²) in [5.41, 5.74) is 4.82. The van der Waals surface area contributed by atoms with Crippen LogP contribution in [0.25, 0.3) is 32.8 Å². The third-order valence-corrected chi connectivity index (χ3v) is 6.68. The van der Waals surface area contributed by atoms with E-state index in [1.807, 2.05) is 60.7 Å². The van der Waals surface area contributed by atoms with Crippen molar-refractivity contribution in [3.8, 4) is 23.0 Å². The van der Waals surface area contributed by atoms with Gasteiger partial charge in [-0.15, -0.1) is 0 Å². The molecule has 0 amide bonds. The number of nitrogens with zero attached hydrogens (tertiary/aromatic N) is 2. The molecule has 2 aliphatic rings. The van der Waals surface area contributed by atoms with Gasteiger partial charge in [0.1, 0.15) is 19.0 Å². The van der Waals surface area contributed by atoms with Gasteiger partial charge in [0, 0.05) is 22.3 Å². The molecule has 0 aliphatic carbocycles. The van der Waals surface area contributed by atoms with Crippen molar-refractivity contribution in [1.82, 2.24) is 9.97 Å². The molecule has 4 aromatic carbocycles. The Balaban J connectivity index is 1.58. The van der Waals surface area contributed by atoms with E-state index in [1.54, 1.807) is 7.11 Å². The van der Waals surface area contributed by atoms with Crippen molar-refractivity contribution in [1.29, 1.82) is 0 Å². The van der Waals surface area contributed by atoms with E-state index in [0.29, 0.717) is 36.2 Å². The number of aromatic nitrogens is 2. The molecular formula is C28H20N2O5. The highest BCUT2D eigenvalue weighted by Gasteiger charge is 2.35. The lowest BCUT2D eigenvalue weighted by Gasteiger charge is -2.29. The number of para-hydroxylation sites is 2. The summed E-state index contributed by atoms with van der Waals surface area (Å²) in [5, 5.41) is 1.73. The van der Waals surface area contributed by atoms with Crippen LogP contribution in [0.5, 0.6) is 23.0 Å². The fourth-order valence-electron chi connectivity index (χ4n) is 5.15. The average Bonchev–Trinajstić information content (AvgIpc) is 2.91. The number of methoxy groups -OCH3 is 1. The maximum Gasteiger partial charge on any atom is 0.312 e. The van der Waals surface area contributed by atoms with Gasteiger partial charge in [-0.05, 0) is 29.8 Å². The predicted octanol–water partition coefficient (Wildman–Crippen LogP) is 5.16. The number of carbonyl (C=O) groups is 1. The zero-order valence-electron chi connectivity index (χ0n) is 18.9. The number of esters is 1. The van der Waals surface area contributed by atoms with Crippen LogP contribution in [0.15, 0.2) is 60.7 Å². The van der Waals surface area contributed by atoms with Crippen molar-refractivity contribution in [2.75, 3.05) is 20.3 Å². The molecule has 0 bridgehead atoms. The first-order chi connectivity index (χ1) is 17.2. The van der Waals surface area contributed by atoms with E-state index < -0.39 is 0 Å². The molecule has 35 heavy (non-hydrogen) atoms. The third-order valence-electron chi connectivity index (χ3n) is 6.68. The van der Waals surface area contributed by atoms with Gasteiger partial charge >= 0.3 is 5.97 Å². The monoisotopic (exact) mass is 464 g/mol. The van der Waals surface area contributed by atoms with Gasteiger partial charge in [-0.1, -0.05) is 36.4 Å². The van der Waals surface area contributed by atoms with Crippen molar-refractivity contribution in [2.45, 2.75) is 12.3 Å². The van der Waals surface area contributed by atoms with Crippen molar-refractivity contribution in [3.05, 3.63) is 71.8 Å². The molecule has 0 spiro atoms. The van der Waals surface area contributed by atoms with Crippen LogP contribution in [0.3, 0.4) is 0 Å². The summed E-state index contributed by atoms with van der Waals surface area (Å²) in [7, 11) is 1.60. The summed E-state index contributed by atoms with van der Waals surface area (Å²) in [6.07, 6.45) is 0.164. The summed E-state index contributed by atoms with van der Waals surface area (Å²) < 4.78 is 23.2. The second kappa shape index (κ2) is 7.56. The second-order valence-electron chi connectivity index (χ2n) is 8.68. The lowest BCUT2D eigenvalue weighted by Crippen LogP contribution is -2.23. The van der Waals surface area contributed by atoms with E-state index in [0.717, 1.165) is 44.0 Å². The summed E-state index contributed by atoms with van der Waals surface area (Å²) in [6, 6.07) is 19.5. The lowest BCUT2D eigenvalue weighted by molar-refractivity contribution is -0.135. The molecule has 0 unspecified atom stereocenters. The van der Waals surface area contributed by atoms with E-state index in [1.165, 1.54) is 0 Å². The van der Waals surface area contributed by atoms with Crippen LogP contribution in [0.1, 0.15) is 23.5 Å². The van der Waals surface area contributed by atoms with Gasteiger partial charge in [0.25, 0.3) is 0 Å². The van der Waals surface area contributed by atoms with E-state index in [9.17, 15) is 4.79 Å². The van der Waals surface area contributed by atoms with Gasteiger partial charge in [0.15, 0.2) is 11.5 Å². The standard InChI is InChI=1S/C28H20N2O5/c1-32-21-12-15(13-22-28(21)34-11-10-33-22)18-14-23(31)35-27-17-7-3-2-6-16(17)25-26(24(18)27)30-20-9-5-4-8-19(20)29-25/h2-9,12-13,18H,10-11,14H2,1H3/t18-/m0/s1. The summed E-state index contributed by atoms with van der Waals surface area (Å²) in [4.78, 5) is 22.9. The summed E-state index contributed by atoms with van der Waals surface area (Å²) >= 11 is 0. The molecule has 3 heterocycles. The summed E-state index contributed by atoms with van der Waals surface area (Å²) in [6.45, 7) is 0.911. The number of hydrogen-bond acceptors (Lipinski definition) is 7. The maximum atomic E-state index is 12.9.